The molecule has 0 bridgehead atoms. The van der Waals surface area contributed by atoms with Gasteiger partial charge in [0.05, 0.1) is 18.9 Å². The summed E-state index contributed by atoms with van der Waals surface area (Å²) in [5.41, 5.74) is 3.87. The molecule has 0 saturated carbocycles. The normalized spacial score (nSPS) is 13.3. The first kappa shape index (κ1) is 22.2. The molecule has 0 unspecified atom stereocenters. The molecular weight excluding hydrogens is 328 g/mol. The van der Waals surface area contributed by atoms with Crippen molar-refractivity contribution in [3.05, 3.63) is 28.8 Å². The second-order valence-electron chi connectivity index (χ2n) is 7.34. The monoisotopic (exact) mass is 362 g/mol. The van der Waals surface area contributed by atoms with Crippen LogP contribution in [0.3, 0.4) is 0 Å². The maximum absolute atomic E-state index is 12.4. The van der Waals surface area contributed by atoms with Crippen LogP contribution in [0.4, 0.5) is 5.69 Å². The zero-order chi connectivity index (χ0) is 19.7. The third-order valence-corrected chi connectivity index (χ3v) is 4.95. The van der Waals surface area contributed by atoms with Gasteiger partial charge in [-0.15, -0.1) is 0 Å². The number of carbonyl (C=O) groups excluding carboxylic acids is 2. The predicted molar refractivity (Wildman–Crippen MR) is 103 cm³/mol. The van der Waals surface area contributed by atoms with E-state index in [1.54, 1.807) is 5.32 Å². The van der Waals surface area contributed by atoms with Gasteiger partial charge in [-0.1, -0.05) is 44.4 Å². The lowest BCUT2D eigenvalue weighted by atomic mass is 9.99. The molecule has 0 aliphatic heterocycles. The van der Waals surface area contributed by atoms with E-state index in [0.717, 1.165) is 48.1 Å². The summed E-state index contributed by atoms with van der Waals surface area (Å²) < 4.78 is 0. The smallest absolute Gasteiger partial charge is 0.230 e. The highest BCUT2D eigenvalue weighted by Gasteiger charge is 2.21. The van der Waals surface area contributed by atoms with E-state index in [1.807, 2.05) is 32.9 Å². The summed E-state index contributed by atoms with van der Waals surface area (Å²) in [5, 5.41) is 16.1. The molecule has 0 aliphatic rings. The number of amides is 1. The number of quaternary nitrogens is 1. The third-order valence-electron chi connectivity index (χ3n) is 4.95. The van der Waals surface area contributed by atoms with Gasteiger partial charge in [-0.2, -0.15) is 0 Å². The van der Waals surface area contributed by atoms with E-state index in [4.69, 9.17) is 0 Å². The van der Waals surface area contributed by atoms with Gasteiger partial charge in [0.1, 0.15) is 6.04 Å². The van der Waals surface area contributed by atoms with Crippen molar-refractivity contribution in [3.8, 4) is 0 Å². The maximum atomic E-state index is 12.4. The lowest BCUT2D eigenvalue weighted by Crippen LogP contribution is -2.94. The maximum Gasteiger partial charge on any atom is 0.230 e. The predicted octanol–water partition coefficient (Wildman–Crippen LogP) is 1.84. The largest absolute Gasteiger partial charge is 0.544 e. The van der Waals surface area contributed by atoms with Crippen molar-refractivity contribution in [2.24, 2.45) is 5.92 Å². The molecule has 0 aliphatic carbocycles. The summed E-state index contributed by atoms with van der Waals surface area (Å²) in [7, 11) is 0. The molecule has 2 atom stereocenters. The molecule has 0 heterocycles. The Morgan fingerprint density at radius 1 is 1.15 bits per heavy atom. The number of aliphatic carboxylic acids is 1. The van der Waals surface area contributed by atoms with Gasteiger partial charge >= 0.3 is 0 Å². The van der Waals surface area contributed by atoms with Crippen molar-refractivity contribution in [2.45, 2.75) is 72.8 Å². The SMILES string of the molecule is CCCC[C@@H](CC)C[NH2+][C@H](CC(=O)Nc1c(C)cc(C)cc1C)C(=O)[O-]. The number of unbranched alkanes of at least 4 members (excludes halogenated alkanes) is 1. The summed E-state index contributed by atoms with van der Waals surface area (Å²) in [6.07, 6.45) is 4.31. The Kier molecular flexibility index (Phi) is 9.35. The molecule has 1 rings (SSSR count). The van der Waals surface area contributed by atoms with Crippen molar-refractivity contribution in [3.63, 3.8) is 0 Å². The molecule has 0 saturated heterocycles. The molecular formula is C21H34N2O3. The molecule has 0 radical (unpaired) electrons. The lowest BCUT2D eigenvalue weighted by molar-refractivity contribution is -0.687. The van der Waals surface area contributed by atoms with Crippen LogP contribution in [0.15, 0.2) is 12.1 Å². The van der Waals surface area contributed by atoms with Crippen molar-refractivity contribution in [1.82, 2.24) is 0 Å². The van der Waals surface area contributed by atoms with Gasteiger partial charge in [-0.3, -0.25) is 4.79 Å². The summed E-state index contributed by atoms with van der Waals surface area (Å²) in [5.74, 6) is -0.989. The number of benzene rings is 1. The Morgan fingerprint density at radius 3 is 2.27 bits per heavy atom. The third kappa shape index (κ3) is 7.16. The molecule has 3 N–H and O–H groups in total. The highest BCUT2D eigenvalue weighted by atomic mass is 16.4. The van der Waals surface area contributed by atoms with Crippen LogP contribution in [0.25, 0.3) is 0 Å². The van der Waals surface area contributed by atoms with E-state index >= 15 is 0 Å². The fourth-order valence-electron chi connectivity index (χ4n) is 3.37. The minimum atomic E-state index is -1.18. The average molecular weight is 363 g/mol. The molecule has 1 aromatic rings. The zero-order valence-electron chi connectivity index (χ0n) is 16.9. The van der Waals surface area contributed by atoms with Crippen LogP contribution in [0, 0.1) is 26.7 Å². The molecule has 1 aromatic carbocycles. The minimum absolute atomic E-state index is 0.0840. The Labute approximate surface area is 157 Å². The van der Waals surface area contributed by atoms with Crippen molar-refractivity contribution >= 4 is 17.6 Å². The summed E-state index contributed by atoms with van der Waals surface area (Å²) in [6, 6.07) is 3.16. The van der Waals surface area contributed by atoms with Crippen LogP contribution >= 0.6 is 0 Å². The van der Waals surface area contributed by atoms with Crippen LogP contribution in [0.2, 0.25) is 0 Å². The van der Waals surface area contributed by atoms with Crippen LogP contribution in [-0.2, 0) is 9.59 Å². The number of rotatable bonds is 11. The van der Waals surface area contributed by atoms with Gasteiger partial charge in [0.25, 0.3) is 0 Å². The van der Waals surface area contributed by atoms with Crippen LogP contribution in [-0.4, -0.2) is 24.5 Å². The second-order valence-corrected chi connectivity index (χ2v) is 7.34. The van der Waals surface area contributed by atoms with E-state index in [0.29, 0.717) is 12.5 Å². The molecule has 5 nitrogen and oxygen atoms in total. The highest BCUT2D eigenvalue weighted by molar-refractivity contribution is 5.94. The van der Waals surface area contributed by atoms with E-state index in [2.05, 4.69) is 19.2 Å². The Morgan fingerprint density at radius 2 is 1.77 bits per heavy atom. The van der Waals surface area contributed by atoms with Gasteiger partial charge in [-0.05, 0) is 44.7 Å². The number of aryl methyl sites for hydroxylation is 3. The molecule has 146 valence electrons. The molecule has 5 heteroatoms. The second kappa shape index (κ2) is 11.0. The van der Waals surface area contributed by atoms with Crippen LogP contribution < -0.4 is 15.7 Å². The number of nitrogens with one attached hydrogen (secondary N) is 1. The first-order valence-electron chi connectivity index (χ1n) is 9.70. The Hall–Kier alpha value is -1.88. The molecule has 26 heavy (non-hydrogen) atoms. The Balaban J connectivity index is 2.67. The number of carboxylic acid groups (broad SMARTS) is 1. The topological polar surface area (TPSA) is 85.8 Å². The van der Waals surface area contributed by atoms with Crippen molar-refractivity contribution in [1.29, 1.82) is 0 Å². The van der Waals surface area contributed by atoms with Gasteiger partial charge < -0.3 is 20.5 Å². The molecule has 0 fully saturated rings. The average Bonchev–Trinajstić information content (AvgIpc) is 2.56. The van der Waals surface area contributed by atoms with Gasteiger partial charge in [0.2, 0.25) is 5.91 Å². The summed E-state index contributed by atoms with van der Waals surface area (Å²) in [4.78, 5) is 23.8. The fraction of sp³-hybridized carbons (Fsp3) is 0.619. The summed E-state index contributed by atoms with van der Waals surface area (Å²) in [6.45, 7) is 10.9. The minimum Gasteiger partial charge on any atom is -0.544 e. The number of carbonyl (C=O) groups is 2. The van der Waals surface area contributed by atoms with Gasteiger partial charge in [0, 0.05) is 11.6 Å². The Bertz CT molecular complexity index is 590. The first-order valence-corrected chi connectivity index (χ1v) is 9.70. The van der Waals surface area contributed by atoms with E-state index in [-0.39, 0.29) is 12.3 Å². The van der Waals surface area contributed by atoms with Crippen LogP contribution in [0.5, 0.6) is 0 Å². The number of carboxylic acids is 1. The number of anilines is 1. The molecule has 0 spiro atoms. The van der Waals surface area contributed by atoms with E-state index in [1.165, 1.54) is 0 Å². The lowest BCUT2D eigenvalue weighted by Gasteiger charge is -2.20. The molecule has 0 aromatic heterocycles. The highest BCUT2D eigenvalue weighted by Crippen LogP contribution is 2.22. The van der Waals surface area contributed by atoms with Gasteiger partial charge in [0.15, 0.2) is 0 Å². The fourth-order valence-corrected chi connectivity index (χ4v) is 3.37. The number of nitrogens with two attached hydrogens (primary N) is 1. The number of hydrogen-bond donors (Lipinski definition) is 2. The van der Waals surface area contributed by atoms with Gasteiger partial charge in [-0.25, -0.2) is 0 Å². The quantitative estimate of drug-likeness (QED) is 0.630. The van der Waals surface area contributed by atoms with E-state index < -0.39 is 12.0 Å². The zero-order valence-corrected chi connectivity index (χ0v) is 16.9. The molecule has 1 amide bonds. The van der Waals surface area contributed by atoms with Crippen molar-refractivity contribution in [2.75, 3.05) is 11.9 Å². The van der Waals surface area contributed by atoms with Crippen molar-refractivity contribution < 1.29 is 20.0 Å². The number of hydrogen-bond acceptors (Lipinski definition) is 3. The first-order chi connectivity index (χ1) is 12.3. The van der Waals surface area contributed by atoms with E-state index in [9.17, 15) is 14.7 Å². The summed E-state index contributed by atoms with van der Waals surface area (Å²) >= 11 is 0. The van der Waals surface area contributed by atoms with Crippen LogP contribution in [0.1, 0.15) is 62.6 Å². The standard InChI is InChI=1S/C21H34N2O3/c1-6-8-9-17(7-2)13-22-18(21(25)26)12-19(24)23-20-15(4)10-14(3)11-16(20)5/h10-11,17-18,22H,6-9,12-13H2,1-5H3,(H,23,24)(H,25,26)/t17-,18-/m1/s1.